The van der Waals surface area contributed by atoms with Gasteiger partial charge in [0.1, 0.15) is 23.8 Å². The van der Waals surface area contributed by atoms with E-state index in [9.17, 15) is 8.78 Å². The lowest BCUT2D eigenvalue weighted by atomic mass is 10.2. The van der Waals surface area contributed by atoms with E-state index in [-0.39, 0.29) is 5.69 Å². The summed E-state index contributed by atoms with van der Waals surface area (Å²) in [6.07, 6.45) is 1.36. The Morgan fingerprint density at radius 1 is 1.00 bits per heavy atom. The number of benzene rings is 2. The van der Waals surface area contributed by atoms with E-state index in [2.05, 4.69) is 15.3 Å². The highest BCUT2D eigenvalue weighted by Gasteiger charge is 2.08. The molecule has 0 aliphatic heterocycles. The van der Waals surface area contributed by atoms with E-state index in [0.29, 0.717) is 22.4 Å². The predicted octanol–water partition coefficient (Wildman–Crippen LogP) is 3.23. The Labute approximate surface area is 113 Å². The third kappa shape index (κ3) is 2.23. The summed E-state index contributed by atoms with van der Waals surface area (Å²) in [6, 6.07) is 8.45. The average Bonchev–Trinajstić information content (AvgIpc) is 2.42. The van der Waals surface area contributed by atoms with Gasteiger partial charge in [0.05, 0.1) is 11.2 Å². The van der Waals surface area contributed by atoms with Gasteiger partial charge in [0.15, 0.2) is 0 Å². The van der Waals surface area contributed by atoms with E-state index in [1.54, 1.807) is 18.2 Å². The van der Waals surface area contributed by atoms with Gasteiger partial charge in [-0.2, -0.15) is 0 Å². The maximum absolute atomic E-state index is 13.6. The second-order valence-electron chi connectivity index (χ2n) is 4.25. The highest BCUT2D eigenvalue weighted by Crippen LogP contribution is 2.26. The molecule has 0 aliphatic rings. The Bertz CT molecular complexity index is 789. The van der Waals surface area contributed by atoms with Gasteiger partial charge in [-0.1, -0.05) is 0 Å². The average molecular weight is 272 g/mol. The minimum atomic E-state index is -0.694. The Kier molecular flexibility index (Phi) is 2.90. The van der Waals surface area contributed by atoms with Crippen molar-refractivity contribution in [2.24, 2.45) is 0 Å². The van der Waals surface area contributed by atoms with Gasteiger partial charge in [-0.25, -0.2) is 18.7 Å². The highest BCUT2D eigenvalue weighted by atomic mass is 19.1. The molecule has 0 fully saturated rings. The van der Waals surface area contributed by atoms with Gasteiger partial charge in [0.25, 0.3) is 0 Å². The zero-order valence-electron chi connectivity index (χ0n) is 10.3. The van der Waals surface area contributed by atoms with Crippen LogP contribution in [0.2, 0.25) is 0 Å². The van der Waals surface area contributed by atoms with Crippen LogP contribution >= 0.6 is 0 Å². The van der Waals surface area contributed by atoms with Crippen LogP contribution in [-0.4, -0.2) is 9.97 Å². The normalized spacial score (nSPS) is 10.7. The zero-order chi connectivity index (χ0) is 14.1. The molecule has 0 amide bonds. The van der Waals surface area contributed by atoms with Crippen molar-refractivity contribution in [3.8, 4) is 0 Å². The number of nitrogen functional groups attached to an aromatic ring is 1. The molecule has 0 radical (unpaired) electrons. The SMILES string of the molecule is Nc1ccc2ncnc(Nc3ccc(F)cc3F)c2c1. The number of rotatable bonds is 2. The van der Waals surface area contributed by atoms with Crippen molar-refractivity contribution in [2.45, 2.75) is 0 Å². The molecular weight excluding hydrogens is 262 g/mol. The van der Waals surface area contributed by atoms with Gasteiger partial charge in [0, 0.05) is 17.1 Å². The van der Waals surface area contributed by atoms with Gasteiger partial charge in [-0.3, -0.25) is 0 Å². The van der Waals surface area contributed by atoms with Gasteiger partial charge in [-0.05, 0) is 30.3 Å². The van der Waals surface area contributed by atoms with Crippen molar-refractivity contribution in [3.05, 3.63) is 54.4 Å². The van der Waals surface area contributed by atoms with Crippen LogP contribution in [0, 0.1) is 11.6 Å². The number of nitrogens with one attached hydrogen (secondary N) is 1. The molecule has 0 atom stereocenters. The lowest BCUT2D eigenvalue weighted by molar-refractivity contribution is 0.586. The quantitative estimate of drug-likeness (QED) is 0.703. The van der Waals surface area contributed by atoms with Crippen molar-refractivity contribution in [1.29, 1.82) is 0 Å². The molecule has 0 unspecified atom stereocenters. The predicted molar refractivity (Wildman–Crippen MR) is 73.6 cm³/mol. The molecular formula is C14H10F2N4. The van der Waals surface area contributed by atoms with Crippen molar-refractivity contribution in [1.82, 2.24) is 9.97 Å². The second kappa shape index (κ2) is 4.73. The van der Waals surface area contributed by atoms with Gasteiger partial charge >= 0.3 is 0 Å². The summed E-state index contributed by atoms with van der Waals surface area (Å²) in [5, 5.41) is 3.48. The first-order chi connectivity index (χ1) is 9.63. The largest absolute Gasteiger partial charge is 0.399 e. The first kappa shape index (κ1) is 12.3. The van der Waals surface area contributed by atoms with E-state index in [4.69, 9.17) is 5.73 Å². The van der Waals surface area contributed by atoms with Crippen LogP contribution in [0.3, 0.4) is 0 Å². The minimum Gasteiger partial charge on any atom is -0.399 e. The smallest absolute Gasteiger partial charge is 0.149 e. The number of aromatic nitrogens is 2. The van der Waals surface area contributed by atoms with E-state index in [1.165, 1.54) is 18.5 Å². The fourth-order valence-corrected chi connectivity index (χ4v) is 1.89. The third-order valence-corrected chi connectivity index (χ3v) is 2.84. The number of nitrogens with two attached hydrogens (primary N) is 1. The summed E-state index contributed by atoms with van der Waals surface area (Å²) < 4.78 is 26.5. The molecule has 3 N–H and O–H groups in total. The van der Waals surface area contributed by atoms with Gasteiger partial charge in [0.2, 0.25) is 0 Å². The number of hydrogen-bond acceptors (Lipinski definition) is 4. The number of hydrogen-bond donors (Lipinski definition) is 2. The van der Waals surface area contributed by atoms with Gasteiger partial charge < -0.3 is 11.1 Å². The molecule has 1 heterocycles. The molecule has 0 saturated heterocycles. The number of anilines is 3. The Hall–Kier alpha value is -2.76. The molecule has 20 heavy (non-hydrogen) atoms. The number of nitrogens with zero attached hydrogens (tertiary/aromatic N) is 2. The lowest BCUT2D eigenvalue weighted by Gasteiger charge is -2.09. The molecule has 3 aromatic rings. The van der Waals surface area contributed by atoms with Crippen LogP contribution in [0.25, 0.3) is 10.9 Å². The third-order valence-electron chi connectivity index (χ3n) is 2.84. The van der Waals surface area contributed by atoms with Gasteiger partial charge in [-0.15, -0.1) is 0 Å². The molecule has 4 nitrogen and oxygen atoms in total. The van der Waals surface area contributed by atoms with E-state index >= 15 is 0 Å². The summed E-state index contributed by atoms with van der Waals surface area (Å²) in [5.41, 5.74) is 7.09. The Balaban J connectivity index is 2.08. The Morgan fingerprint density at radius 2 is 1.85 bits per heavy atom. The molecule has 100 valence electrons. The fourth-order valence-electron chi connectivity index (χ4n) is 1.89. The maximum Gasteiger partial charge on any atom is 0.149 e. The first-order valence-electron chi connectivity index (χ1n) is 5.86. The fraction of sp³-hybridized carbons (Fsp3) is 0. The molecule has 2 aromatic carbocycles. The van der Waals surface area contributed by atoms with Crippen molar-refractivity contribution < 1.29 is 8.78 Å². The summed E-state index contributed by atoms with van der Waals surface area (Å²) in [7, 11) is 0. The maximum atomic E-state index is 13.6. The first-order valence-corrected chi connectivity index (χ1v) is 5.86. The Morgan fingerprint density at radius 3 is 2.65 bits per heavy atom. The molecule has 0 bridgehead atoms. The van der Waals surface area contributed by atoms with Crippen LogP contribution in [0.4, 0.5) is 26.0 Å². The topological polar surface area (TPSA) is 63.8 Å². The molecule has 6 heteroatoms. The second-order valence-corrected chi connectivity index (χ2v) is 4.25. The van der Waals surface area contributed by atoms with Crippen molar-refractivity contribution in [2.75, 3.05) is 11.1 Å². The summed E-state index contributed by atoms with van der Waals surface area (Å²) in [6.45, 7) is 0. The van der Waals surface area contributed by atoms with E-state index < -0.39 is 11.6 Å². The summed E-state index contributed by atoms with van der Waals surface area (Å²) in [5.74, 6) is -0.918. The summed E-state index contributed by atoms with van der Waals surface area (Å²) >= 11 is 0. The van der Waals surface area contributed by atoms with E-state index in [1.807, 2.05) is 0 Å². The lowest BCUT2D eigenvalue weighted by Crippen LogP contribution is -1.99. The molecule has 0 saturated carbocycles. The molecule has 1 aromatic heterocycles. The van der Waals surface area contributed by atoms with Crippen LogP contribution in [0.1, 0.15) is 0 Å². The van der Waals surface area contributed by atoms with Crippen LogP contribution in [0.5, 0.6) is 0 Å². The number of halogens is 2. The van der Waals surface area contributed by atoms with Crippen LogP contribution in [0.15, 0.2) is 42.7 Å². The summed E-state index contributed by atoms with van der Waals surface area (Å²) in [4.78, 5) is 8.17. The van der Waals surface area contributed by atoms with Crippen molar-refractivity contribution in [3.63, 3.8) is 0 Å². The molecule has 0 aliphatic carbocycles. The van der Waals surface area contributed by atoms with Crippen LogP contribution < -0.4 is 11.1 Å². The highest BCUT2D eigenvalue weighted by molar-refractivity contribution is 5.92. The molecule has 0 spiro atoms. The standard InChI is InChI=1S/C14H10F2N4/c15-8-1-3-13(11(16)5-8)20-14-10-6-9(17)2-4-12(10)18-7-19-14/h1-7H,17H2,(H,18,19,20). The molecule has 3 rings (SSSR count). The van der Waals surface area contributed by atoms with Crippen LogP contribution in [-0.2, 0) is 0 Å². The van der Waals surface area contributed by atoms with E-state index in [0.717, 1.165) is 6.07 Å². The van der Waals surface area contributed by atoms with Crippen molar-refractivity contribution >= 4 is 28.1 Å². The zero-order valence-corrected chi connectivity index (χ0v) is 10.3. The number of fused-ring (bicyclic) bond motifs is 1. The monoisotopic (exact) mass is 272 g/mol. The minimum absolute atomic E-state index is 0.133.